The van der Waals surface area contributed by atoms with Crippen LogP contribution in [0.1, 0.15) is 33.9 Å². The SMILES string of the molecule is NNC(=O)CC(c1ccc(O)cc1)N1Cc2ccccc2C1=O. The smallest absolute Gasteiger partial charge is 0.255 e. The summed E-state index contributed by atoms with van der Waals surface area (Å²) in [6.07, 6.45) is 0.0566. The first-order valence-corrected chi connectivity index (χ1v) is 7.27. The van der Waals surface area contributed by atoms with E-state index >= 15 is 0 Å². The van der Waals surface area contributed by atoms with Crippen LogP contribution in [0, 0.1) is 0 Å². The first-order chi connectivity index (χ1) is 11.1. The summed E-state index contributed by atoms with van der Waals surface area (Å²) in [5, 5.41) is 9.45. The number of hydrogen-bond acceptors (Lipinski definition) is 4. The molecule has 0 spiro atoms. The first-order valence-electron chi connectivity index (χ1n) is 7.27. The van der Waals surface area contributed by atoms with Crippen molar-refractivity contribution in [2.24, 2.45) is 5.84 Å². The molecule has 1 aliphatic heterocycles. The van der Waals surface area contributed by atoms with Crippen molar-refractivity contribution >= 4 is 11.8 Å². The molecule has 0 fully saturated rings. The summed E-state index contributed by atoms with van der Waals surface area (Å²) in [7, 11) is 0. The van der Waals surface area contributed by atoms with Gasteiger partial charge in [0.2, 0.25) is 5.91 Å². The highest BCUT2D eigenvalue weighted by atomic mass is 16.3. The van der Waals surface area contributed by atoms with Crippen LogP contribution in [0.15, 0.2) is 48.5 Å². The predicted molar refractivity (Wildman–Crippen MR) is 84.1 cm³/mol. The number of hydrogen-bond donors (Lipinski definition) is 3. The summed E-state index contributed by atoms with van der Waals surface area (Å²) in [5.74, 6) is 4.87. The molecule has 2 aromatic rings. The molecule has 6 nitrogen and oxygen atoms in total. The molecule has 3 rings (SSSR count). The van der Waals surface area contributed by atoms with Crippen molar-refractivity contribution in [1.82, 2.24) is 10.3 Å². The molecule has 0 saturated heterocycles. The molecule has 0 radical (unpaired) electrons. The fourth-order valence-corrected chi connectivity index (χ4v) is 2.87. The van der Waals surface area contributed by atoms with Crippen molar-refractivity contribution in [2.45, 2.75) is 19.0 Å². The van der Waals surface area contributed by atoms with E-state index in [-0.39, 0.29) is 24.0 Å². The van der Waals surface area contributed by atoms with Gasteiger partial charge in [0, 0.05) is 12.1 Å². The number of benzene rings is 2. The number of carbonyl (C=O) groups excluding carboxylic acids is 2. The third-order valence-corrected chi connectivity index (χ3v) is 4.04. The Morgan fingerprint density at radius 2 is 1.91 bits per heavy atom. The third-order valence-electron chi connectivity index (χ3n) is 4.04. The molecule has 1 unspecified atom stereocenters. The Morgan fingerprint density at radius 3 is 2.57 bits per heavy atom. The Balaban J connectivity index is 1.95. The van der Waals surface area contributed by atoms with Crippen LogP contribution in [0.2, 0.25) is 0 Å². The molecule has 1 atom stereocenters. The van der Waals surface area contributed by atoms with Crippen LogP contribution in [0.5, 0.6) is 5.75 Å². The Labute approximate surface area is 133 Å². The van der Waals surface area contributed by atoms with Gasteiger partial charge in [-0.25, -0.2) is 5.84 Å². The van der Waals surface area contributed by atoms with Gasteiger partial charge in [0.15, 0.2) is 0 Å². The average molecular weight is 311 g/mol. The highest BCUT2D eigenvalue weighted by Gasteiger charge is 2.34. The van der Waals surface area contributed by atoms with Crippen molar-refractivity contribution in [3.63, 3.8) is 0 Å². The maximum absolute atomic E-state index is 12.7. The van der Waals surface area contributed by atoms with Crippen molar-refractivity contribution in [3.8, 4) is 5.75 Å². The van der Waals surface area contributed by atoms with Gasteiger partial charge in [-0.2, -0.15) is 0 Å². The van der Waals surface area contributed by atoms with E-state index in [1.54, 1.807) is 23.1 Å². The van der Waals surface area contributed by atoms with Crippen LogP contribution in [0.25, 0.3) is 0 Å². The fourth-order valence-electron chi connectivity index (χ4n) is 2.87. The Bertz CT molecular complexity index is 743. The third kappa shape index (κ3) is 2.89. The average Bonchev–Trinajstić information content (AvgIpc) is 2.90. The second kappa shape index (κ2) is 6.10. The van der Waals surface area contributed by atoms with Gasteiger partial charge in [0.1, 0.15) is 5.75 Å². The summed E-state index contributed by atoms with van der Waals surface area (Å²) in [4.78, 5) is 26.1. The number of hydrazine groups is 1. The molecule has 6 heteroatoms. The zero-order chi connectivity index (χ0) is 16.4. The summed E-state index contributed by atoms with van der Waals surface area (Å²) in [6, 6.07) is 13.4. The van der Waals surface area contributed by atoms with Gasteiger partial charge in [-0.1, -0.05) is 30.3 Å². The molecule has 0 aromatic heterocycles. The monoisotopic (exact) mass is 311 g/mol. The van der Waals surface area contributed by atoms with E-state index in [1.165, 1.54) is 12.1 Å². The molecule has 0 aliphatic carbocycles. The normalized spacial score (nSPS) is 14.5. The van der Waals surface area contributed by atoms with E-state index in [1.807, 2.05) is 18.2 Å². The van der Waals surface area contributed by atoms with E-state index in [0.717, 1.165) is 11.1 Å². The van der Waals surface area contributed by atoms with Crippen LogP contribution in [0.4, 0.5) is 0 Å². The minimum Gasteiger partial charge on any atom is -0.508 e. The predicted octanol–water partition coefficient (Wildman–Crippen LogP) is 1.47. The summed E-state index contributed by atoms with van der Waals surface area (Å²) in [5.41, 5.74) is 4.48. The number of nitrogens with zero attached hydrogens (tertiary/aromatic N) is 1. The second-order valence-corrected chi connectivity index (χ2v) is 5.47. The standard InChI is InChI=1S/C17H17N3O3/c18-19-16(22)9-15(11-5-7-13(21)8-6-11)20-10-12-3-1-2-4-14(12)17(20)23/h1-8,15,21H,9-10,18H2,(H,19,22). The van der Waals surface area contributed by atoms with Crippen LogP contribution in [-0.2, 0) is 11.3 Å². The summed E-state index contributed by atoms with van der Waals surface area (Å²) in [6.45, 7) is 0.443. The molecular formula is C17H17N3O3. The zero-order valence-corrected chi connectivity index (χ0v) is 12.4. The van der Waals surface area contributed by atoms with Gasteiger partial charge in [0.25, 0.3) is 5.91 Å². The van der Waals surface area contributed by atoms with Gasteiger partial charge in [-0.3, -0.25) is 15.0 Å². The van der Waals surface area contributed by atoms with Crippen molar-refractivity contribution in [1.29, 1.82) is 0 Å². The lowest BCUT2D eigenvalue weighted by Crippen LogP contribution is -2.36. The van der Waals surface area contributed by atoms with Crippen molar-refractivity contribution < 1.29 is 14.7 Å². The molecular weight excluding hydrogens is 294 g/mol. The lowest BCUT2D eigenvalue weighted by molar-refractivity contribution is -0.122. The number of phenols is 1. The molecule has 1 heterocycles. The number of carbonyl (C=O) groups is 2. The molecule has 23 heavy (non-hydrogen) atoms. The molecule has 4 N–H and O–H groups in total. The molecule has 2 amide bonds. The Hall–Kier alpha value is -2.86. The first kappa shape index (κ1) is 15.1. The highest BCUT2D eigenvalue weighted by molar-refractivity contribution is 5.98. The quantitative estimate of drug-likeness (QED) is 0.452. The zero-order valence-electron chi connectivity index (χ0n) is 12.4. The summed E-state index contributed by atoms with van der Waals surface area (Å²) >= 11 is 0. The van der Waals surface area contributed by atoms with E-state index in [4.69, 9.17) is 5.84 Å². The molecule has 0 bridgehead atoms. The van der Waals surface area contributed by atoms with Gasteiger partial charge < -0.3 is 10.0 Å². The molecule has 1 aliphatic rings. The minimum absolute atomic E-state index is 0.0566. The van der Waals surface area contributed by atoms with Crippen molar-refractivity contribution in [2.75, 3.05) is 0 Å². The van der Waals surface area contributed by atoms with Gasteiger partial charge >= 0.3 is 0 Å². The maximum atomic E-state index is 12.7. The Kier molecular flexibility index (Phi) is 3.99. The number of rotatable bonds is 4. The summed E-state index contributed by atoms with van der Waals surface area (Å²) < 4.78 is 0. The van der Waals surface area contributed by atoms with E-state index in [2.05, 4.69) is 5.43 Å². The largest absolute Gasteiger partial charge is 0.508 e. The maximum Gasteiger partial charge on any atom is 0.255 e. The lowest BCUT2D eigenvalue weighted by atomic mass is 10.0. The molecule has 2 aromatic carbocycles. The van der Waals surface area contributed by atoms with E-state index < -0.39 is 6.04 Å². The lowest BCUT2D eigenvalue weighted by Gasteiger charge is -2.27. The number of phenolic OH excluding ortho intramolecular Hbond substituents is 1. The highest BCUT2D eigenvalue weighted by Crippen LogP contribution is 2.33. The second-order valence-electron chi connectivity index (χ2n) is 5.47. The molecule has 0 saturated carbocycles. The van der Waals surface area contributed by atoms with Crippen LogP contribution in [0.3, 0.4) is 0 Å². The minimum atomic E-state index is -0.445. The topological polar surface area (TPSA) is 95.7 Å². The van der Waals surface area contributed by atoms with Gasteiger partial charge in [-0.05, 0) is 29.3 Å². The van der Waals surface area contributed by atoms with Crippen LogP contribution in [-0.4, -0.2) is 21.8 Å². The number of amides is 2. The number of nitrogens with two attached hydrogens (primary N) is 1. The number of nitrogens with one attached hydrogen (secondary N) is 1. The van der Waals surface area contributed by atoms with Gasteiger partial charge in [-0.15, -0.1) is 0 Å². The van der Waals surface area contributed by atoms with E-state index in [0.29, 0.717) is 12.1 Å². The van der Waals surface area contributed by atoms with Crippen LogP contribution >= 0.6 is 0 Å². The van der Waals surface area contributed by atoms with Gasteiger partial charge in [0.05, 0.1) is 12.5 Å². The number of aromatic hydroxyl groups is 1. The van der Waals surface area contributed by atoms with Crippen molar-refractivity contribution in [3.05, 3.63) is 65.2 Å². The number of fused-ring (bicyclic) bond motifs is 1. The molecule has 118 valence electrons. The fraction of sp³-hybridized carbons (Fsp3) is 0.176. The van der Waals surface area contributed by atoms with Crippen LogP contribution < -0.4 is 11.3 Å². The van der Waals surface area contributed by atoms with E-state index in [9.17, 15) is 14.7 Å². The Morgan fingerprint density at radius 1 is 1.22 bits per heavy atom.